The Labute approximate surface area is 120 Å². The van der Waals surface area contributed by atoms with Gasteiger partial charge in [0, 0.05) is 22.7 Å². The number of rotatable bonds is 4. The molecule has 0 amide bonds. The fourth-order valence-corrected chi connectivity index (χ4v) is 2.72. The van der Waals surface area contributed by atoms with Crippen molar-refractivity contribution in [3.63, 3.8) is 0 Å². The summed E-state index contributed by atoms with van der Waals surface area (Å²) in [6.45, 7) is 2.99. The minimum Gasteiger partial charge on any atom is -0.391 e. The molecule has 116 valence electrons. The van der Waals surface area contributed by atoms with Crippen molar-refractivity contribution in [2.45, 2.75) is 44.8 Å². The molecule has 1 aliphatic rings. The number of aliphatic hydroxyl groups excluding tert-OH is 1. The van der Waals surface area contributed by atoms with Crippen LogP contribution in [-0.2, 0) is 13.8 Å². The highest BCUT2D eigenvalue weighted by Crippen LogP contribution is 2.36. The molecule has 1 aromatic rings. The first-order chi connectivity index (χ1) is 9.79. The molecular weight excluding hydrogens is 303 g/mol. The highest BCUT2D eigenvalue weighted by molar-refractivity contribution is 7.32. The van der Waals surface area contributed by atoms with Crippen LogP contribution < -0.4 is 11.2 Å². The van der Waals surface area contributed by atoms with Gasteiger partial charge in [-0.25, -0.2) is 4.79 Å². The summed E-state index contributed by atoms with van der Waals surface area (Å²) in [6, 6.07) is 0. The van der Waals surface area contributed by atoms with Crippen LogP contribution in [0.2, 0.25) is 0 Å². The highest BCUT2D eigenvalue weighted by Gasteiger charge is 2.44. The molecule has 2 rings (SSSR count). The molecule has 1 unspecified atom stereocenters. The quantitative estimate of drug-likeness (QED) is 0.640. The summed E-state index contributed by atoms with van der Waals surface area (Å²) >= 11 is 0. The van der Waals surface area contributed by atoms with Crippen LogP contribution in [0.1, 0.15) is 25.1 Å². The van der Waals surface area contributed by atoms with Gasteiger partial charge in [0.25, 0.3) is 5.56 Å². The molecule has 0 aliphatic carbocycles. The van der Waals surface area contributed by atoms with Crippen molar-refractivity contribution in [1.29, 1.82) is 0 Å². The summed E-state index contributed by atoms with van der Waals surface area (Å²) in [7, 11) is -2.86. The Morgan fingerprint density at radius 1 is 1.57 bits per heavy atom. The lowest BCUT2D eigenvalue weighted by Gasteiger charge is -2.18. The number of nitrogens with zero attached hydrogens (tertiary/aromatic N) is 1. The van der Waals surface area contributed by atoms with E-state index < -0.39 is 44.0 Å². The van der Waals surface area contributed by atoms with Crippen molar-refractivity contribution in [2.24, 2.45) is 0 Å². The number of H-pyrrole nitrogens is 1. The van der Waals surface area contributed by atoms with Crippen LogP contribution in [0, 0.1) is 6.92 Å². The maximum Gasteiger partial charge on any atom is 0.695 e. The molecule has 0 bridgehead atoms. The fourth-order valence-electron chi connectivity index (χ4n) is 2.28. The zero-order chi connectivity index (χ0) is 15.7. The third-order valence-corrected chi connectivity index (χ3v) is 3.72. The van der Waals surface area contributed by atoms with Gasteiger partial charge < -0.3 is 9.84 Å². The lowest BCUT2D eigenvalue weighted by molar-refractivity contribution is -0.0735. The first-order valence-corrected chi connectivity index (χ1v) is 7.41. The van der Waals surface area contributed by atoms with Crippen LogP contribution in [0.15, 0.2) is 15.8 Å². The Morgan fingerprint density at radius 2 is 2.24 bits per heavy atom. The van der Waals surface area contributed by atoms with Gasteiger partial charge in [0.1, 0.15) is 18.4 Å². The van der Waals surface area contributed by atoms with E-state index in [9.17, 15) is 19.3 Å². The monoisotopic (exact) mass is 319 g/mol. The average Bonchev–Trinajstić information content (AvgIpc) is 2.76. The van der Waals surface area contributed by atoms with E-state index in [0.29, 0.717) is 5.56 Å². The van der Waals surface area contributed by atoms with Gasteiger partial charge in [0.15, 0.2) is 0 Å². The number of ether oxygens (including phenoxy) is 1. The SMILES string of the molecule is Cc1cn([C@H]2C[C@@H](O[P+](=O)O)[C@@H]([C@@H](C)O)O2)c(=O)[nH]c1=O. The predicted molar refractivity (Wildman–Crippen MR) is 71.0 cm³/mol. The van der Waals surface area contributed by atoms with Crippen LogP contribution >= 0.6 is 8.25 Å². The van der Waals surface area contributed by atoms with Crippen molar-refractivity contribution in [3.8, 4) is 0 Å². The zero-order valence-electron chi connectivity index (χ0n) is 11.4. The van der Waals surface area contributed by atoms with Crippen LogP contribution in [0.3, 0.4) is 0 Å². The summed E-state index contributed by atoms with van der Waals surface area (Å²) in [4.78, 5) is 34.1. The largest absolute Gasteiger partial charge is 0.695 e. The summed E-state index contributed by atoms with van der Waals surface area (Å²) in [6.07, 6.45) is -1.99. The van der Waals surface area contributed by atoms with Gasteiger partial charge in [-0.3, -0.25) is 14.3 Å². The van der Waals surface area contributed by atoms with Crippen LogP contribution in [0.4, 0.5) is 0 Å². The van der Waals surface area contributed by atoms with Gasteiger partial charge in [0.05, 0.1) is 6.10 Å². The normalized spacial score (nSPS) is 27.6. The minimum absolute atomic E-state index is 0.0998. The third-order valence-electron chi connectivity index (χ3n) is 3.27. The molecule has 10 heteroatoms. The maximum atomic E-state index is 11.8. The van der Waals surface area contributed by atoms with E-state index in [4.69, 9.17) is 14.2 Å². The Hall–Kier alpha value is -1.38. The van der Waals surface area contributed by atoms with Crippen LogP contribution in [-0.4, -0.2) is 37.9 Å². The summed E-state index contributed by atoms with van der Waals surface area (Å²) in [5.74, 6) is 0. The van der Waals surface area contributed by atoms with Crippen LogP contribution in [0.5, 0.6) is 0 Å². The second-order valence-electron chi connectivity index (χ2n) is 4.89. The van der Waals surface area contributed by atoms with E-state index in [-0.39, 0.29) is 6.42 Å². The van der Waals surface area contributed by atoms with E-state index in [1.54, 1.807) is 0 Å². The molecule has 0 saturated carbocycles. The molecule has 5 atom stereocenters. The Balaban J connectivity index is 2.30. The molecule has 0 radical (unpaired) electrons. The van der Waals surface area contributed by atoms with E-state index in [2.05, 4.69) is 4.98 Å². The third kappa shape index (κ3) is 3.45. The molecule has 21 heavy (non-hydrogen) atoms. The first kappa shape index (κ1) is 16.0. The predicted octanol–water partition coefficient (Wildman–Crippen LogP) is -0.452. The van der Waals surface area contributed by atoms with E-state index in [0.717, 1.165) is 0 Å². The second-order valence-corrected chi connectivity index (χ2v) is 5.58. The average molecular weight is 319 g/mol. The topological polar surface area (TPSA) is 131 Å². The highest BCUT2D eigenvalue weighted by atomic mass is 31.1. The van der Waals surface area contributed by atoms with E-state index in [1.165, 1.54) is 24.6 Å². The molecule has 9 nitrogen and oxygen atoms in total. The molecule has 0 aromatic carbocycles. The van der Waals surface area contributed by atoms with Crippen molar-refractivity contribution < 1.29 is 23.8 Å². The summed E-state index contributed by atoms with van der Waals surface area (Å²) in [5.41, 5.74) is -0.828. The van der Waals surface area contributed by atoms with Crippen molar-refractivity contribution in [1.82, 2.24) is 9.55 Å². The van der Waals surface area contributed by atoms with Gasteiger partial charge in [0.2, 0.25) is 0 Å². The van der Waals surface area contributed by atoms with E-state index >= 15 is 0 Å². The number of aryl methyl sites for hydroxylation is 1. The molecule has 1 aromatic heterocycles. The Bertz CT molecular complexity index is 653. The van der Waals surface area contributed by atoms with Crippen molar-refractivity contribution in [2.75, 3.05) is 0 Å². The number of aliphatic hydroxyl groups is 1. The van der Waals surface area contributed by atoms with Gasteiger partial charge in [-0.2, -0.15) is 0 Å². The van der Waals surface area contributed by atoms with E-state index in [1.807, 2.05) is 0 Å². The smallest absolute Gasteiger partial charge is 0.391 e. The lowest BCUT2D eigenvalue weighted by atomic mass is 10.1. The number of aromatic nitrogens is 2. The summed E-state index contributed by atoms with van der Waals surface area (Å²) < 4.78 is 22.3. The Kier molecular flexibility index (Phi) is 4.70. The molecule has 3 N–H and O–H groups in total. The lowest BCUT2D eigenvalue weighted by Crippen LogP contribution is -2.34. The van der Waals surface area contributed by atoms with Crippen LogP contribution in [0.25, 0.3) is 0 Å². The number of hydrogen-bond donors (Lipinski definition) is 3. The van der Waals surface area contributed by atoms with Gasteiger partial charge >= 0.3 is 13.9 Å². The first-order valence-electron chi connectivity index (χ1n) is 6.28. The zero-order valence-corrected chi connectivity index (χ0v) is 12.3. The van der Waals surface area contributed by atoms with Gasteiger partial charge in [-0.1, -0.05) is 0 Å². The molecule has 1 fully saturated rings. The molecular formula is C11H16N2O7P+. The second kappa shape index (κ2) is 6.17. The number of aromatic amines is 1. The number of hydrogen-bond acceptors (Lipinski definition) is 6. The molecule has 0 spiro atoms. The Morgan fingerprint density at radius 3 is 2.81 bits per heavy atom. The molecule has 1 saturated heterocycles. The fraction of sp³-hybridized carbons (Fsp3) is 0.636. The summed E-state index contributed by atoms with van der Waals surface area (Å²) in [5, 5.41) is 9.64. The van der Waals surface area contributed by atoms with Gasteiger partial charge in [-0.05, 0) is 13.8 Å². The standard InChI is InChI=1S/C11H15N2O7P/c1-5-4-13(11(16)12-10(5)15)8-3-7(20-21(17)18)9(19-8)6(2)14/h4,6-9,14H,3H2,1-2H3,(H-,12,15,16,17,18)/p+1/t6-,7-,8-,9-/m1/s1. The molecule has 1 aliphatic heterocycles. The molecule has 2 heterocycles. The number of nitrogens with one attached hydrogen (secondary N) is 1. The van der Waals surface area contributed by atoms with Crippen molar-refractivity contribution in [3.05, 3.63) is 32.6 Å². The maximum absolute atomic E-state index is 11.8. The van der Waals surface area contributed by atoms with Crippen molar-refractivity contribution >= 4 is 8.25 Å². The minimum atomic E-state index is -2.86. The van der Waals surface area contributed by atoms with Gasteiger partial charge in [-0.15, -0.1) is 9.42 Å².